The predicted octanol–water partition coefficient (Wildman–Crippen LogP) is 2.17. The molecule has 1 rings (SSSR count). The van der Waals surface area contributed by atoms with Crippen molar-refractivity contribution in [2.24, 2.45) is 5.92 Å². The predicted molar refractivity (Wildman–Crippen MR) is 48.1 cm³/mol. The summed E-state index contributed by atoms with van der Waals surface area (Å²) in [5.41, 5.74) is -0.460. The zero-order chi connectivity index (χ0) is 9.19. The van der Waals surface area contributed by atoms with Crippen molar-refractivity contribution in [1.29, 1.82) is 0 Å². The molecule has 0 aromatic carbocycles. The van der Waals surface area contributed by atoms with Crippen LogP contribution >= 0.6 is 0 Å². The zero-order valence-electron chi connectivity index (χ0n) is 8.22. The fourth-order valence-corrected chi connectivity index (χ4v) is 2.29. The topological polar surface area (TPSA) is 26.3 Å². The third-order valence-corrected chi connectivity index (χ3v) is 3.19. The van der Waals surface area contributed by atoms with Gasteiger partial charge in [-0.1, -0.05) is 19.8 Å². The van der Waals surface area contributed by atoms with Crippen LogP contribution in [-0.4, -0.2) is 18.5 Å². The summed E-state index contributed by atoms with van der Waals surface area (Å²) in [7, 11) is 1.66. The average Bonchev–Trinajstić information content (AvgIpc) is 2.05. The summed E-state index contributed by atoms with van der Waals surface area (Å²) in [6.07, 6.45) is 4.38. The van der Waals surface area contributed by atoms with E-state index in [0.717, 1.165) is 19.3 Å². The molecule has 0 aliphatic heterocycles. The Morgan fingerprint density at radius 1 is 1.50 bits per heavy atom. The van der Waals surface area contributed by atoms with Crippen LogP contribution in [0.5, 0.6) is 0 Å². The van der Waals surface area contributed by atoms with E-state index in [4.69, 9.17) is 4.74 Å². The van der Waals surface area contributed by atoms with Crippen LogP contribution in [0.1, 0.15) is 39.5 Å². The maximum atomic E-state index is 11.4. The number of rotatable bonds is 2. The molecule has 0 heterocycles. The van der Waals surface area contributed by atoms with Crippen molar-refractivity contribution < 1.29 is 9.53 Å². The first-order valence-electron chi connectivity index (χ1n) is 4.69. The fourth-order valence-electron chi connectivity index (χ4n) is 2.29. The van der Waals surface area contributed by atoms with E-state index in [0.29, 0.717) is 5.92 Å². The van der Waals surface area contributed by atoms with Crippen molar-refractivity contribution in [3.63, 3.8) is 0 Å². The monoisotopic (exact) mass is 170 g/mol. The lowest BCUT2D eigenvalue weighted by molar-refractivity contribution is -0.150. The lowest BCUT2D eigenvalue weighted by atomic mass is 9.74. The van der Waals surface area contributed by atoms with Gasteiger partial charge in [-0.2, -0.15) is 0 Å². The summed E-state index contributed by atoms with van der Waals surface area (Å²) >= 11 is 0. The minimum absolute atomic E-state index is 0.192. The Balaban J connectivity index is 2.81. The van der Waals surface area contributed by atoms with Gasteiger partial charge in [-0.15, -0.1) is 0 Å². The zero-order valence-corrected chi connectivity index (χ0v) is 8.22. The summed E-state index contributed by atoms with van der Waals surface area (Å²) in [6, 6.07) is 0. The number of carbonyl (C=O) groups excluding carboxylic acids is 1. The van der Waals surface area contributed by atoms with Crippen molar-refractivity contribution >= 4 is 5.78 Å². The molecule has 1 fully saturated rings. The standard InChI is InChI=1S/C10H18O2/c1-8-6-4-5-7-10(8,12-3)9(2)11/h8H,4-7H2,1-3H3. The molecule has 2 nitrogen and oxygen atoms in total. The molecule has 70 valence electrons. The molecule has 2 atom stereocenters. The van der Waals surface area contributed by atoms with E-state index in [1.807, 2.05) is 0 Å². The number of carbonyl (C=O) groups is 1. The van der Waals surface area contributed by atoms with E-state index in [1.54, 1.807) is 14.0 Å². The van der Waals surface area contributed by atoms with Gasteiger partial charge in [0.15, 0.2) is 5.78 Å². The van der Waals surface area contributed by atoms with Crippen molar-refractivity contribution in [3.05, 3.63) is 0 Å². The van der Waals surface area contributed by atoms with Crippen LogP contribution in [0.2, 0.25) is 0 Å². The maximum absolute atomic E-state index is 11.4. The highest BCUT2D eigenvalue weighted by molar-refractivity contribution is 5.85. The normalized spacial score (nSPS) is 36.4. The Morgan fingerprint density at radius 2 is 2.17 bits per heavy atom. The Kier molecular flexibility index (Phi) is 2.89. The van der Waals surface area contributed by atoms with Gasteiger partial charge in [0.05, 0.1) is 0 Å². The summed E-state index contributed by atoms with van der Waals surface area (Å²) in [6.45, 7) is 3.76. The molecule has 0 amide bonds. The molecular weight excluding hydrogens is 152 g/mol. The number of Topliss-reactive ketones (excluding diaryl/α,β-unsaturated/α-hetero) is 1. The highest BCUT2D eigenvalue weighted by atomic mass is 16.5. The van der Waals surface area contributed by atoms with E-state index in [1.165, 1.54) is 6.42 Å². The van der Waals surface area contributed by atoms with Crippen LogP contribution in [0.25, 0.3) is 0 Å². The van der Waals surface area contributed by atoms with E-state index in [-0.39, 0.29) is 5.78 Å². The number of hydrogen-bond donors (Lipinski definition) is 0. The number of methoxy groups -OCH3 is 1. The third-order valence-electron chi connectivity index (χ3n) is 3.19. The van der Waals surface area contributed by atoms with Crippen LogP contribution in [-0.2, 0) is 9.53 Å². The molecule has 0 spiro atoms. The van der Waals surface area contributed by atoms with Crippen molar-refractivity contribution in [1.82, 2.24) is 0 Å². The molecule has 0 saturated heterocycles. The van der Waals surface area contributed by atoms with Crippen molar-refractivity contribution in [2.45, 2.75) is 45.1 Å². The van der Waals surface area contributed by atoms with Crippen LogP contribution in [0.4, 0.5) is 0 Å². The van der Waals surface area contributed by atoms with E-state index < -0.39 is 5.60 Å². The molecule has 0 bridgehead atoms. The van der Waals surface area contributed by atoms with Crippen LogP contribution < -0.4 is 0 Å². The lowest BCUT2D eigenvalue weighted by Gasteiger charge is -2.39. The summed E-state index contributed by atoms with van der Waals surface area (Å²) in [5, 5.41) is 0. The molecule has 2 unspecified atom stereocenters. The third kappa shape index (κ3) is 1.40. The van der Waals surface area contributed by atoms with Crippen LogP contribution in [0.15, 0.2) is 0 Å². The molecule has 2 heteroatoms. The largest absolute Gasteiger partial charge is 0.370 e. The second-order valence-corrected chi connectivity index (χ2v) is 3.80. The maximum Gasteiger partial charge on any atom is 0.161 e. The molecule has 0 N–H and O–H groups in total. The van der Waals surface area contributed by atoms with Crippen molar-refractivity contribution in [3.8, 4) is 0 Å². The van der Waals surface area contributed by atoms with Gasteiger partial charge < -0.3 is 4.74 Å². The minimum Gasteiger partial charge on any atom is -0.370 e. The fraction of sp³-hybridized carbons (Fsp3) is 0.900. The first-order valence-corrected chi connectivity index (χ1v) is 4.69. The van der Waals surface area contributed by atoms with Crippen LogP contribution in [0.3, 0.4) is 0 Å². The Labute approximate surface area is 74.3 Å². The molecule has 0 aromatic heterocycles. The summed E-state index contributed by atoms with van der Waals surface area (Å²) < 4.78 is 5.40. The molecular formula is C10H18O2. The van der Waals surface area contributed by atoms with Gasteiger partial charge >= 0.3 is 0 Å². The molecule has 0 radical (unpaired) electrons. The van der Waals surface area contributed by atoms with Gasteiger partial charge in [-0.3, -0.25) is 4.79 Å². The van der Waals surface area contributed by atoms with E-state index in [9.17, 15) is 4.79 Å². The van der Waals surface area contributed by atoms with Crippen LogP contribution in [0, 0.1) is 5.92 Å². The second kappa shape index (κ2) is 3.56. The molecule has 1 aliphatic rings. The number of ether oxygens (including phenoxy) is 1. The minimum atomic E-state index is -0.460. The van der Waals surface area contributed by atoms with Gasteiger partial charge in [0, 0.05) is 7.11 Å². The summed E-state index contributed by atoms with van der Waals surface area (Å²) in [4.78, 5) is 11.4. The molecule has 12 heavy (non-hydrogen) atoms. The highest BCUT2D eigenvalue weighted by Gasteiger charge is 2.42. The van der Waals surface area contributed by atoms with Gasteiger partial charge in [-0.05, 0) is 25.7 Å². The Morgan fingerprint density at radius 3 is 2.50 bits per heavy atom. The van der Waals surface area contributed by atoms with Crippen molar-refractivity contribution in [2.75, 3.05) is 7.11 Å². The SMILES string of the molecule is COC1(C(C)=O)CCCCC1C. The van der Waals surface area contributed by atoms with Gasteiger partial charge in [0.2, 0.25) is 0 Å². The molecule has 1 saturated carbocycles. The van der Waals surface area contributed by atoms with Gasteiger partial charge in [0.1, 0.15) is 5.60 Å². The number of ketones is 1. The molecule has 0 aromatic rings. The number of hydrogen-bond acceptors (Lipinski definition) is 2. The Bertz CT molecular complexity index is 177. The highest BCUT2D eigenvalue weighted by Crippen LogP contribution is 2.36. The Hall–Kier alpha value is -0.370. The quantitative estimate of drug-likeness (QED) is 0.635. The molecule has 1 aliphatic carbocycles. The second-order valence-electron chi connectivity index (χ2n) is 3.80. The average molecular weight is 170 g/mol. The lowest BCUT2D eigenvalue weighted by Crippen LogP contribution is -2.47. The van der Waals surface area contributed by atoms with Gasteiger partial charge in [0.25, 0.3) is 0 Å². The smallest absolute Gasteiger partial charge is 0.161 e. The van der Waals surface area contributed by atoms with Gasteiger partial charge in [-0.25, -0.2) is 0 Å². The van der Waals surface area contributed by atoms with E-state index in [2.05, 4.69) is 6.92 Å². The first kappa shape index (κ1) is 9.72. The summed E-state index contributed by atoms with van der Waals surface area (Å²) in [5.74, 6) is 0.575. The van der Waals surface area contributed by atoms with E-state index >= 15 is 0 Å². The first-order chi connectivity index (χ1) is 5.63.